The highest BCUT2D eigenvalue weighted by atomic mass is 35.5. The number of amides is 1. The lowest BCUT2D eigenvalue weighted by Gasteiger charge is -2.34. The largest absolute Gasteiger partial charge is 0.340 e. The van der Waals surface area contributed by atoms with Crippen LogP contribution in [0.1, 0.15) is 25.7 Å². The third kappa shape index (κ3) is 4.05. The summed E-state index contributed by atoms with van der Waals surface area (Å²) in [5.74, 6) is -0.709. The van der Waals surface area contributed by atoms with E-state index in [1.807, 2.05) is 0 Å². The molecule has 1 aliphatic carbocycles. The third-order valence-electron chi connectivity index (χ3n) is 4.35. The van der Waals surface area contributed by atoms with Gasteiger partial charge in [0.2, 0.25) is 15.9 Å². The zero-order chi connectivity index (χ0) is 16.7. The molecule has 1 aromatic rings. The molecule has 1 aromatic carbocycles. The topological polar surface area (TPSA) is 92.5 Å². The summed E-state index contributed by atoms with van der Waals surface area (Å²) in [4.78, 5) is 13.8. The number of piperidine rings is 1. The van der Waals surface area contributed by atoms with Crippen LogP contribution in [0.4, 0.5) is 4.39 Å². The monoisotopic (exact) mass is 377 g/mol. The second-order valence-electron chi connectivity index (χ2n) is 6.33. The van der Waals surface area contributed by atoms with Crippen LogP contribution in [0.3, 0.4) is 0 Å². The number of nitrogens with zero attached hydrogens (tertiary/aromatic N) is 1. The van der Waals surface area contributed by atoms with Gasteiger partial charge in [0.25, 0.3) is 0 Å². The van der Waals surface area contributed by atoms with Crippen molar-refractivity contribution >= 4 is 28.3 Å². The van der Waals surface area contributed by atoms with Crippen LogP contribution in [0.15, 0.2) is 29.2 Å². The van der Waals surface area contributed by atoms with Gasteiger partial charge in [-0.3, -0.25) is 4.79 Å². The van der Waals surface area contributed by atoms with Crippen molar-refractivity contribution in [2.45, 2.75) is 42.2 Å². The van der Waals surface area contributed by atoms with Gasteiger partial charge in [-0.25, -0.2) is 17.5 Å². The SMILES string of the molecule is Cl.NC1(C(=O)N2CCCC(NS(=O)(=O)c3cccc(F)c3)C2)CC1. The lowest BCUT2D eigenvalue weighted by atomic mass is 10.1. The molecule has 2 aliphatic rings. The highest BCUT2D eigenvalue weighted by Crippen LogP contribution is 2.34. The number of sulfonamides is 1. The van der Waals surface area contributed by atoms with Crippen LogP contribution in [0.25, 0.3) is 0 Å². The standard InChI is InChI=1S/C15H20FN3O3S.ClH/c16-11-3-1-5-13(9-11)23(21,22)18-12-4-2-8-19(10-12)14(20)15(17)6-7-15;/h1,3,5,9,12,18H,2,4,6-8,10,17H2;1H. The molecule has 9 heteroatoms. The smallest absolute Gasteiger partial charge is 0.242 e. The van der Waals surface area contributed by atoms with Crippen molar-refractivity contribution < 1.29 is 17.6 Å². The number of hydrogen-bond donors (Lipinski definition) is 2. The fraction of sp³-hybridized carbons (Fsp3) is 0.533. The second-order valence-corrected chi connectivity index (χ2v) is 8.04. The van der Waals surface area contributed by atoms with Gasteiger partial charge in [0.15, 0.2) is 0 Å². The van der Waals surface area contributed by atoms with Crippen molar-refractivity contribution in [1.82, 2.24) is 9.62 Å². The van der Waals surface area contributed by atoms with Crippen LogP contribution in [0.2, 0.25) is 0 Å². The number of likely N-dealkylation sites (tertiary alicyclic amines) is 1. The molecule has 2 fully saturated rings. The van der Waals surface area contributed by atoms with Gasteiger partial charge >= 0.3 is 0 Å². The minimum atomic E-state index is -3.81. The van der Waals surface area contributed by atoms with Gasteiger partial charge in [-0.15, -0.1) is 12.4 Å². The van der Waals surface area contributed by atoms with Crippen molar-refractivity contribution in [3.05, 3.63) is 30.1 Å². The second kappa shape index (κ2) is 6.95. The van der Waals surface area contributed by atoms with Gasteiger partial charge in [0.05, 0.1) is 10.4 Å². The third-order valence-corrected chi connectivity index (χ3v) is 5.87. The maximum atomic E-state index is 13.2. The van der Waals surface area contributed by atoms with E-state index < -0.39 is 21.4 Å². The average Bonchev–Trinajstić information content (AvgIpc) is 3.25. The maximum absolute atomic E-state index is 13.2. The summed E-state index contributed by atoms with van der Waals surface area (Å²) in [6.07, 6.45) is 2.71. The van der Waals surface area contributed by atoms with Crippen molar-refractivity contribution in [2.24, 2.45) is 5.73 Å². The van der Waals surface area contributed by atoms with Gasteiger partial charge in [-0.1, -0.05) is 6.07 Å². The summed E-state index contributed by atoms with van der Waals surface area (Å²) in [5.41, 5.74) is 5.18. The Balaban J connectivity index is 0.00000208. The molecule has 1 atom stereocenters. The summed E-state index contributed by atoms with van der Waals surface area (Å²) in [6, 6.07) is 4.48. The molecule has 3 N–H and O–H groups in total. The highest BCUT2D eigenvalue weighted by Gasteiger charge is 2.48. The molecule has 24 heavy (non-hydrogen) atoms. The molecular weight excluding hydrogens is 357 g/mol. The van der Waals surface area contributed by atoms with Gasteiger partial charge in [-0.2, -0.15) is 0 Å². The molecule has 0 bridgehead atoms. The number of hydrogen-bond acceptors (Lipinski definition) is 4. The molecule has 134 valence electrons. The Hall–Kier alpha value is -1.22. The number of benzene rings is 1. The quantitative estimate of drug-likeness (QED) is 0.819. The van der Waals surface area contributed by atoms with E-state index in [0.717, 1.165) is 6.07 Å². The molecule has 1 unspecified atom stereocenters. The van der Waals surface area contributed by atoms with Gasteiger partial charge in [-0.05, 0) is 43.9 Å². The van der Waals surface area contributed by atoms with Gasteiger partial charge in [0, 0.05) is 19.1 Å². The van der Waals surface area contributed by atoms with E-state index in [9.17, 15) is 17.6 Å². The molecule has 1 aliphatic heterocycles. The number of halogens is 2. The van der Waals surface area contributed by atoms with E-state index in [1.165, 1.54) is 18.2 Å². The maximum Gasteiger partial charge on any atom is 0.242 e. The minimum absolute atomic E-state index is 0. The number of carbonyl (C=O) groups excluding carboxylic acids is 1. The Bertz CT molecular complexity index is 724. The van der Waals surface area contributed by atoms with Crippen LogP contribution in [0, 0.1) is 5.82 Å². The first kappa shape index (κ1) is 19.1. The Morgan fingerprint density at radius 3 is 2.71 bits per heavy atom. The molecule has 0 spiro atoms. The van der Waals surface area contributed by atoms with Crippen LogP contribution in [-0.2, 0) is 14.8 Å². The van der Waals surface area contributed by atoms with Crippen LogP contribution >= 0.6 is 12.4 Å². The molecular formula is C15H21ClFN3O3S. The van der Waals surface area contributed by atoms with Gasteiger partial charge < -0.3 is 10.6 Å². The summed E-state index contributed by atoms with van der Waals surface area (Å²) in [6.45, 7) is 0.891. The average molecular weight is 378 g/mol. The normalized spacial score (nSPS) is 22.6. The molecule has 1 saturated heterocycles. The lowest BCUT2D eigenvalue weighted by molar-refractivity contribution is -0.134. The van der Waals surface area contributed by atoms with Crippen LogP contribution in [-0.4, -0.2) is 43.9 Å². The predicted molar refractivity (Wildman–Crippen MR) is 89.7 cm³/mol. The summed E-state index contributed by atoms with van der Waals surface area (Å²) >= 11 is 0. The Kier molecular flexibility index (Phi) is 5.54. The summed E-state index contributed by atoms with van der Waals surface area (Å²) in [5, 5.41) is 0. The Morgan fingerprint density at radius 2 is 2.08 bits per heavy atom. The molecule has 0 radical (unpaired) electrons. The molecule has 1 heterocycles. The van der Waals surface area contributed by atoms with Crippen molar-refractivity contribution in [2.75, 3.05) is 13.1 Å². The number of nitrogens with two attached hydrogens (primary N) is 1. The fourth-order valence-electron chi connectivity index (χ4n) is 2.84. The van der Waals surface area contributed by atoms with E-state index in [0.29, 0.717) is 38.8 Å². The molecule has 1 saturated carbocycles. The van der Waals surface area contributed by atoms with Crippen molar-refractivity contribution in [3.63, 3.8) is 0 Å². The Labute approximate surface area is 147 Å². The number of nitrogens with one attached hydrogen (secondary N) is 1. The minimum Gasteiger partial charge on any atom is -0.340 e. The predicted octanol–water partition coefficient (Wildman–Crippen LogP) is 1.01. The fourth-order valence-corrected chi connectivity index (χ4v) is 4.14. The van der Waals surface area contributed by atoms with Crippen molar-refractivity contribution in [1.29, 1.82) is 0 Å². The molecule has 1 amide bonds. The molecule has 6 nitrogen and oxygen atoms in total. The zero-order valence-electron chi connectivity index (χ0n) is 13.1. The highest BCUT2D eigenvalue weighted by molar-refractivity contribution is 7.89. The lowest BCUT2D eigenvalue weighted by Crippen LogP contribution is -2.54. The van der Waals surface area contributed by atoms with Crippen molar-refractivity contribution in [3.8, 4) is 0 Å². The van der Waals surface area contributed by atoms with Crippen LogP contribution < -0.4 is 10.5 Å². The van der Waals surface area contributed by atoms with E-state index in [2.05, 4.69) is 4.72 Å². The first-order valence-electron chi connectivity index (χ1n) is 7.66. The molecule has 0 aromatic heterocycles. The van der Waals surface area contributed by atoms with Gasteiger partial charge in [0.1, 0.15) is 5.82 Å². The van der Waals surface area contributed by atoms with Crippen LogP contribution in [0.5, 0.6) is 0 Å². The first-order chi connectivity index (χ1) is 10.8. The molecule has 3 rings (SSSR count). The number of carbonyl (C=O) groups is 1. The summed E-state index contributed by atoms with van der Waals surface area (Å²) in [7, 11) is -3.81. The number of rotatable bonds is 4. The Morgan fingerprint density at radius 1 is 1.38 bits per heavy atom. The zero-order valence-corrected chi connectivity index (χ0v) is 14.7. The van der Waals surface area contributed by atoms with E-state index in [1.54, 1.807) is 4.90 Å². The van der Waals surface area contributed by atoms with E-state index in [4.69, 9.17) is 5.73 Å². The summed E-state index contributed by atoms with van der Waals surface area (Å²) < 4.78 is 40.5. The first-order valence-corrected chi connectivity index (χ1v) is 9.15. The van der Waals surface area contributed by atoms with E-state index in [-0.39, 0.29) is 29.3 Å². The van der Waals surface area contributed by atoms with E-state index >= 15 is 0 Å².